The van der Waals surface area contributed by atoms with Crippen molar-refractivity contribution in [1.82, 2.24) is 9.88 Å². The number of piperidine rings is 1. The standard InChI is InChI=1S/C20H21F3N2O2/c21-20(22,23)17-8-2-1-6-15(17)10-9-14-5-4-12-25(13-14)19(27)16-7-3-11-24-18(16)26/h1-3,6-8,11,14H,4-5,9-10,12-13H2,(H,24,26)/t14-/m0/s1. The fraction of sp³-hybridized carbons (Fsp3) is 0.400. The van der Waals surface area contributed by atoms with Crippen molar-refractivity contribution in [2.24, 2.45) is 5.92 Å². The van der Waals surface area contributed by atoms with Crippen LogP contribution in [0.5, 0.6) is 0 Å². The maximum atomic E-state index is 13.1. The number of hydrogen-bond acceptors (Lipinski definition) is 2. The van der Waals surface area contributed by atoms with Gasteiger partial charge in [-0.25, -0.2) is 0 Å². The molecule has 3 rings (SSSR count). The van der Waals surface area contributed by atoms with Gasteiger partial charge in [0.25, 0.3) is 11.5 Å². The zero-order valence-corrected chi connectivity index (χ0v) is 14.8. The lowest BCUT2D eigenvalue weighted by atomic mass is 9.90. The predicted molar refractivity (Wildman–Crippen MR) is 95.5 cm³/mol. The van der Waals surface area contributed by atoms with Crippen LogP contribution < -0.4 is 5.56 Å². The molecule has 1 aliphatic rings. The first kappa shape index (κ1) is 19.2. The smallest absolute Gasteiger partial charge is 0.338 e. The number of alkyl halides is 3. The van der Waals surface area contributed by atoms with Gasteiger partial charge in [0.05, 0.1) is 5.56 Å². The monoisotopic (exact) mass is 378 g/mol. The average Bonchev–Trinajstić information content (AvgIpc) is 2.66. The first-order chi connectivity index (χ1) is 12.9. The lowest BCUT2D eigenvalue weighted by molar-refractivity contribution is -0.138. The number of amides is 1. The van der Waals surface area contributed by atoms with Gasteiger partial charge in [-0.1, -0.05) is 18.2 Å². The minimum atomic E-state index is -4.36. The first-order valence-electron chi connectivity index (χ1n) is 8.98. The molecule has 1 aliphatic heterocycles. The van der Waals surface area contributed by atoms with Crippen LogP contribution in [0.2, 0.25) is 0 Å². The number of carbonyl (C=O) groups excluding carboxylic acids is 1. The van der Waals surface area contributed by atoms with Gasteiger partial charge >= 0.3 is 6.18 Å². The lowest BCUT2D eigenvalue weighted by Gasteiger charge is -2.33. The lowest BCUT2D eigenvalue weighted by Crippen LogP contribution is -2.41. The largest absolute Gasteiger partial charge is 0.416 e. The molecular weight excluding hydrogens is 357 g/mol. The summed E-state index contributed by atoms with van der Waals surface area (Å²) in [5, 5.41) is 0. The van der Waals surface area contributed by atoms with Crippen LogP contribution in [-0.4, -0.2) is 28.9 Å². The third-order valence-electron chi connectivity index (χ3n) is 5.00. The Morgan fingerprint density at radius 1 is 1.19 bits per heavy atom. The molecule has 144 valence electrons. The maximum absolute atomic E-state index is 13.1. The zero-order valence-electron chi connectivity index (χ0n) is 14.8. The van der Waals surface area contributed by atoms with Crippen molar-refractivity contribution in [1.29, 1.82) is 0 Å². The Bertz CT molecular complexity index is 861. The second-order valence-electron chi connectivity index (χ2n) is 6.87. The molecule has 27 heavy (non-hydrogen) atoms. The number of likely N-dealkylation sites (tertiary alicyclic amines) is 1. The van der Waals surface area contributed by atoms with Crippen molar-refractivity contribution in [2.45, 2.75) is 31.9 Å². The highest BCUT2D eigenvalue weighted by molar-refractivity contribution is 5.93. The molecule has 4 nitrogen and oxygen atoms in total. The second-order valence-corrected chi connectivity index (χ2v) is 6.87. The number of rotatable bonds is 4. The summed E-state index contributed by atoms with van der Waals surface area (Å²) >= 11 is 0. The van der Waals surface area contributed by atoms with Gasteiger partial charge in [-0.2, -0.15) is 13.2 Å². The number of halogens is 3. The van der Waals surface area contributed by atoms with Crippen molar-refractivity contribution in [2.75, 3.05) is 13.1 Å². The van der Waals surface area contributed by atoms with Gasteiger partial charge in [0.2, 0.25) is 0 Å². The molecule has 1 amide bonds. The molecule has 1 saturated heterocycles. The predicted octanol–water partition coefficient (Wildman–Crippen LogP) is 3.88. The highest BCUT2D eigenvalue weighted by Gasteiger charge is 2.33. The molecule has 0 aliphatic carbocycles. The third-order valence-corrected chi connectivity index (χ3v) is 5.00. The number of aromatic nitrogens is 1. The average molecular weight is 378 g/mol. The van der Waals surface area contributed by atoms with Crippen molar-refractivity contribution < 1.29 is 18.0 Å². The fourth-order valence-corrected chi connectivity index (χ4v) is 3.62. The Hall–Kier alpha value is -2.57. The van der Waals surface area contributed by atoms with Gasteiger partial charge in [-0.3, -0.25) is 9.59 Å². The summed E-state index contributed by atoms with van der Waals surface area (Å²) in [5.74, 6) is -0.205. The van der Waals surface area contributed by atoms with Gasteiger partial charge in [0.1, 0.15) is 5.56 Å². The molecule has 0 bridgehead atoms. The van der Waals surface area contributed by atoms with Crippen molar-refractivity contribution in [3.8, 4) is 0 Å². The molecule has 1 fully saturated rings. The van der Waals surface area contributed by atoms with E-state index in [9.17, 15) is 22.8 Å². The summed E-state index contributed by atoms with van der Waals surface area (Å²) in [5.41, 5.74) is -0.637. The van der Waals surface area contributed by atoms with Gasteiger partial charge in [-0.05, 0) is 55.4 Å². The molecule has 0 saturated carbocycles. The molecule has 7 heteroatoms. The minimum absolute atomic E-state index is 0.0977. The Morgan fingerprint density at radius 2 is 1.96 bits per heavy atom. The van der Waals surface area contributed by atoms with Gasteiger partial charge < -0.3 is 9.88 Å². The second kappa shape index (κ2) is 7.98. The van der Waals surface area contributed by atoms with Crippen LogP contribution in [0.3, 0.4) is 0 Å². The Balaban J connectivity index is 1.65. The normalized spacial score (nSPS) is 17.7. The number of nitrogens with one attached hydrogen (secondary N) is 1. The van der Waals surface area contributed by atoms with E-state index in [0.29, 0.717) is 25.9 Å². The van der Waals surface area contributed by atoms with Crippen LogP contribution in [0.25, 0.3) is 0 Å². The number of pyridine rings is 1. The van der Waals surface area contributed by atoms with Gasteiger partial charge in [0, 0.05) is 19.3 Å². The SMILES string of the molecule is O=C(c1ccc[nH]c1=O)N1CCC[C@@H](CCc2ccccc2C(F)(F)F)C1. The Labute approximate surface area is 155 Å². The molecule has 1 aromatic carbocycles. The van der Waals surface area contributed by atoms with E-state index in [1.54, 1.807) is 17.0 Å². The number of aryl methyl sites for hydroxylation is 1. The van der Waals surface area contributed by atoms with E-state index >= 15 is 0 Å². The van der Waals surface area contributed by atoms with Crippen molar-refractivity contribution in [3.05, 3.63) is 69.6 Å². The van der Waals surface area contributed by atoms with Crippen LogP contribution in [0.1, 0.15) is 40.7 Å². The zero-order chi connectivity index (χ0) is 19.4. The van der Waals surface area contributed by atoms with E-state index in [1.807, 2.05) is 0 Å². The summed E-state index contributed by atoms with van der Waals surface area (Å²) in [4.78, 5) is 28.5. The molecule has 1 aromatic heterocycles. The molecule has 1 N–H and O–H groups in total. The van der Waals surface area contributed by atoms with E-state index in [0.717, 1.165) is 18.9 Å². The molecule has 1 atom stereocenters. The van der Waals surface area contributed by atoms with Crippen LogP contribution in [0.4, 0.5) is 13.2 Å². The van der Waals surface area contributed by atoms with Gasteiger partial charge in [0.15, 0.2) is 0 Å². The Kier molecular flexibility index (Phi) is 5.68. The molecular formula is C20H21F3N2O2. The third kappa shape index (κ3) is 4.59. The maximum Gasteiger partial charge on any atom is 0.416 e. The van der Waals surface area contributed by atoms with Crippen LogP contribution >= 0.6 is 0 Å². The van der Waals surface area contributed by atoms with Crippen molar-refractivity contribution in [3.63, 3.8) is 0 Å². The molecule has 0 unspecified atom stereocenters. The summed E-state index contributed by atoms with van der Waals surface area (Å²) in [6.07, 6.45) is -0.364. The van der Waals surface area contributed by atoms with E-state index in [2.05, 4.69) is 4.98 Å². The van der Waals surface area contributed by atoms with E-state index in [-0.39, 0.29) is 23.0 Å². The topological polar surface area (TPSA) is 53.2 Å². The van der Waals surface area contributed by atoms with E-state index in [4.69, 9.17) is 0 Å². The number of H-pyrrole nitrogens is 1. The number of nitrogens with zero attached hydrogens (tertiary/aromatic N) is 1. The Morgan fingerprint density at radius 3 is 2.70 bits per heavy atom. The highest BCUT2D eigenvalue weighted by Crippen LogP contribution is 2.33. The van der Waals surface area contributed by atoms with Crippen LogP contribution in [-0.2, 0) is 12.6 Å². The summed E-state index contributed by atoms with van der Waals surface area (Å²) in [7, 11) is 0. The first-order valence-corrected chi connectivity index (χ1v) is 8.98. The van der Waals surface area contributed by atoms with E-state index < -0.39 is 17.3 Å². The molecule has 2 aromatic rings. The number of carbonyl (C=O) groups is 1. The fourth-order valence-electron chi connectivity index (χ4n) is 3.62. The number of hydrogen-bond donors (Lipinski definition) is 1. The molecule has 0 radical (unpaired) electrons. The van der Waals surface area contributed by atoms with E-state index in [1.165, 1.54) is 24.4 Å². The number of benzene rings is 1. The van der Waals surface area contributed by atoms with Gasteiger partial charge in [-0.15, -0.1) is 0 Å². The summed E-state index contributed by atoms with van der Waals surface area (Å²) in [6.45, 7) is 1.02. The molecule has 2 heterocycles. The van der Waals surface area contributed by atoms with Crippen molar-refractivity contribution >= 4 is 5.91 Å². The summed E-state index contributed by atoms with van der Waals surface area (Å²) < 4.78 is 39.4. The minimum Gasteiger partial charge on any atom is -0.338 e. The summed E-state index contributed by atoms with van der Waals surface area (Å²) in [6, 6.07) is 8.72. The molecule has 0 spiro atoms. The highest BCUT2D eigenvalue weighted by atomic mass is 19.4. The quantitative estimate of drug-likeness (QED) is 0.878. The van der Waals surface area contributed by atoms with Crippen LogP contribution in [0, 0.1) is 5.92 Å². The number of aromatic amines is 1. The van der Waals surface area contributed by atoms with Crippen LogP contribution in [0.15, 0.2) is 47.4 Å².